The van der Waals surface area contributed by atoms with Crippen molar-refractivity contribution in [1.82, 2.24) is 0 Å². The number of ether oxygens (including phenoxy) is 2. The molecule has 0 radical (unpaired) electrons. The van der Waals surface area contributed by atoms with Crippen LogP contribution in [-0.2, 0) is 4.74 Å². The summed E-state index contributed by atoms with van der Waals surface area (Å²) in [7, 11) is 1.26. The van der Waals surface area contributed by atoms with Crippen LogP contribution in [0.15, 0.2) is 42.5 Å². The van der Waals surface area contributed by atoms with Crippen molar-refractivity contribution in [3.8, 4) is 5.75 Å². The summed E-state index contributed by atoms with van der Waals surface area (Å²) in [6, 6.07) is 9.28. The largest absolute Gasteiger partial charge is 0.465 e. The summed E-state index contributed by atoms with van der Waals surface area (Å²) in [6.45, 7) is 0. The van der Waals surface area contributed by atoms with E-state index >= 15 is 0 Å². The van der Waals surface area contributed by atoms with Gasteiger partial charge < -0.3 is 9.47 Å². The van der Waals surface area contributed by atoms with Crippen molar-refractivity contribution in [2.45, 2.75) is 0 Å². The Morgan fingerprint density at radius 1 is 1.05 bits per heavy atom. The summed E-state index contributed by atoms with van der Waals surface area (Å²) in [5, 5.41) is 0.226. The summed E-state index contributed by atoms with van der Waals surface area (Å²) in [5.74, 6) is -1.93. The zero-order chi connectivity index (χ0) is 15.4. The Balaban J connectivity index is 2.16. The molecule has 2 aromatic carbocycles. The Morgan fingerprint density at radius 3 is 2.33 bits per heavy atom. The van der Waals surface area contributed by atoms with Gasteiger partial charge in [0.25, 0.3) is 0 Å². The Bertz CT molecular complexity index is 683. The lowest BCUT2D eigenvalue weighted by Gasteiger charge is -2.06. The van der Waals surface area contributed by atoms with Gasteiger partial charge >= 0.3 is 11.9 Å². The van der Waals surface area contributed by atoms with E-state index < -0.39 is 17.8 Å². The standard InChI is InChI=1S/C15H10ClFO4/c1-20-14(18)9-2-5-11(6-3-9)21-15(19)12-8-10(16)4-7-13(12)17/h2-8H,1H3. The van der Waals surface area contributed by atoms with E-state index in [1.165, 1.54) is 43.5 Å². The number of halogens is 2. The third-order valence-electron chi connectivity index (χ3n) is 2.63. The van der Waals surface area contributed by atoms with Crippen LogP contribution in [0.2, 0.25) is 5.02 Å². The second kappa shape index (κ2) is 6.37. The van der Waals surface area contributed by atoms with Gasteiger partial charge in [-0.1, -0.05) is 11.6 Å². The molecule has 108 valence electrons. The van der Waals surface area contributed by atoms with Crippen molar-refractivity contribution >= 4 is 23.5 Å². The van der Waals surface area contributed by atoms with Crippen LogP contribution in [0.25, 0.3) is 0 Å². The third kappa shape index (κ3) is 3.58. The zero-order valence-electron chi connectivity index (χ0n) is 10.9. The van der Waals surface area contributed by atoms with Crippen molar-refractivity contribution in [2.24, 2.45) is 0 Å². The monoisotopic (exact) mass is 308 g/mol. The summed E-state index contributed by atoms with van der Waals surface area (Å²) in [5.41, 5.74) is 0.0470. The first kappa shape index (κ1) is 15.0. The van der Waals surface area contributed by atoms with Gasteiger partial charge in [-0.05, 0) is 42.5 Å². The van der Waals surface area contributed by atoms with Crippen molar-refractivity contribution in [3.63, 3.8) is 0 Å². The SMILES string of the molecule is COC(=O)c1ccc(OC(=O)c2cc(Cl)ccc2F)cc1. The minimum absolute atomic E-state index is 0.173. The second-order valence-electron chi connectivity index (χ2n) is 4.03. The molecule has 4 nitrogen and oxygen atoms in total. The summed E-state index contributed by atoms with van der Waals surface area (Å²) < 4.78 is 23.1. The van der Waals surface area contributed by atoms with E-state index in [2.05, 4.69) is 4.74 Å². The first-order chi connectivity index (χ1) is 10.0. The Kier molecular flexibility index (Phi) is 4.55. The number of hydrogen-bond acceptors (Lipinski definition) is 4. The van der Waals surface area contributed by atoms with E-state index in [0.717, 1.165) is 6.07 Å². The van der Waals surface area contributed by atoms with Gasteiger partial charge in [-0.15, -0.1) is 0 Å². The lowest BCUT2D eigenvalue weighted by Crippen LogP contribution is -2.11. The van der Waals surface area contributed by atoms with Crippen LogP contribution in [0.1, 0.15) is 20.7 Å². The fraction of sp³-hybridized carbons (Fsp3) is 0.0667. The van der Waals surface area contributed by atoms with Gasteiger partial charge in [-0.2, -0.15) is 0 Å². The van der Waals surface area contributed by atoms with Gasteiger partial charge in [-0.25, -0.2) is 14.0 Å². The Hall–Kier alpha value is -2.40. The molecule has 2 rings (SSSR count). The molecular formula is C15H10ClFO4. The maximum atomic E-state index is 13.5. The molecule has 2 aromatic rings. The number of hydrogen-bond donors (Lipinski definition) is 0. The number of benzene rings is 2. The van der Waals surface area contributed by atoms with Gasteiger partial charge in [0.15, 0.2) is 0 Å². The smallest absolute Gasteiger partial charge is 0.346 e. The maximum Gasteiger partial charge on any atom is 0.346 e. The number of methoxy groups -OCH3 is 1. The van der Waals surface area contributed by atoms with Gasteiger partial charge in [0.1, 0.15) is 11.6 Å². The van der Waals surface area contributed by atoms with Crippen LogP contribution in [0, 0.1) is 5.82 Å². The minimum Gasteiger partial charge on any atom is -0.465 e. The second-order valence-corrected chi connectivity index (χ2v) is 4.47. The van der Waals surface area contributed by atoms with E-state index in [0.29, 0.717) is 5.56 Å². The minimum atomic E-state index is -0.874. The molecule has 0 saturated heterocycles. The molecule has 21 heavy (non-hydrogen) atoms. The van der Waals surface area contributed by atoms with Crippen LogP contribution in [-0.4, -0.2) is 19.0 Å². The van der Waals surface area contributed by atoms with Crippen LogP contribution in [0.4, 0.5) is 4.39 Å². The van der Waals surface area contributed by atoms with Crippen molar-refractivity contribution in [2.75, 3.05) is 7.11 Å². The van der Waals surface area contributed by atoms with Crippen LogP contribution < -0.4 is 4.74 Å². The summed E-state index contributed by atoms with van der Waals surface area (Å²) in [4.78, 5) is 23.1. The van der Waals surface area contributed by atoms with E-state index in [9.17, 15) is 14.0 Å². The molecule has 6 heteroatoms. The fourth-order valence-corrected chi connectivity index (χ4v) is 1.76. The Labute approximate surface area is 125 Å². The molecule has 0 spiro atoms. The molecule has 0 aliphatic carbocycles. The molecular weight excluding hydrogens is 299 g/mol. The lowest BCUT2D eigenvalue weighted by molar-refractivity contribution is 0.0600. The molecule has 0 atom stereocenters. The van der Waals surface area contributed by atoms with Crippen molar-refractivity contribution < 1.29 is 23.5 Å². The molecule has 0 N–H and O–H groups in total. The highest BCUT2D eigenvalue weighted by atomic mass is 35.5. The summed E-state index contributed by atoms with van der Waals surface area (Å²) >= 11 is 5.71. The zero-order valence-corrected chi connectivity index (χ0v) is 11.7. The molecule has 0 aromatic heterocycles. The van der Waals surface area contributed by atoms with E-state index in [4.69, 9.17) is 16.3 Å². The highest BCUT2D eigenvalue weighted by Gasteiger charge is 2.15. The number of carbonyl (C=O) groups is 2. The Morgan fingerprint density at radius 2 is 1.71 bits per heavy atom. The maximum absolute atomic E-state index is 13.5. The van der Waals surface area contributed by atoms with E-state index in [1.807, 2.05) is 0 Å². The first-order valence-corrected chi connectivity index (χ1v) is 6.24. The van der Waals surface area contributed by atoms with Crippen molar-refractivity contribution in [3.05, 3.63) is 64.4 Å². The number of carbonyl (C=O) groups excluding carboxylic acids is 2. The third-order valence-corrected chi connectivity index (χ3v) is 2.87. The predicted octanol–water partition coefficient (Wildman–Crippen LogP) is 3.48. The average Bonchev–Trinajstić information content (AvgIpc) is 2.49. The quantitative estimate of drug-likeness (QED) is 0.643. The molecule has 0 aliphatic heterocycles. The molecule has 0 amide bonds. The highest BCUT2D eigenvalue weighted by molar-refractivity contribution is 6.30. The number of esters is 2. The topological polar surface area (TPSA) is 52.6 Å². The van der Waals surface area contributed by atoms with Gasteiger partial charge in [0.05, 0.1) is 18.2 Å². The molecule has 0 aliphatic rings. The molecule has 0 fully saturated rings. The molecule has 0 unspecified atom stereocenters. The van der Waals surface area contributed by atoms with Gasteiger partial charge in [-0.3, -0.25) is 0 Å². The predicted molar refractivity (Wildman–Crippen MR) is 74.2 cm³/mol. The normalized spacial score (nSPS) is 10.0. The van der Waals surface area contributed by atoms with Crippen molar-refractivity contribution in [1.29, 1.82) is 0 Å². The highest BCUT2D eigenvalue weighted by Crippen LogP contribution is 2.19. The van der Waals surface area contributed by atoms with Crippen LogP contribution in [0.5, 0.6) is 5.75 Å². The van der Waals surface area contributed by atoms with Gasteiger partial charge in [0, 0.05) is 5.02 Å². The molecule has 0 heterocycles. The summed E-state index contributed by atoms with van der Waals surface area (Å²) in [6.07, 6.45) is 0. The fourth-order valence-electron chi connectivity index (χ4n) is 1.59. The lowest BCUT2D eigenvalue weighted by atomic mass is 10.2. The van der Waals surface area contributed by atoms with E-state index in [-0.39, 0.29) is 16.3 Å². The molecule has 0 saturated carbocycles. The van der Waals surface area contributed by atoms with Crippen LogP contribution >= 0.6 is 11.6 Å². The molecule has 0 bridgehead atoms. The van der Waals surface area contributed by atoms with E-state index in [1.54, 1.807) is 0 Å². The number of rotatable bonds is 3. The average molecular weight is 309 g/mol. The van der Waals surface area contributed by atoms with Gasteiger partial charge in [0.2, 0.25) is 0 Å². The first-order valence-electron chi connectivity index (χ1n) is 5.87. The van der Waals surface area contributed by atoms with Crippen LogP contribution in [0.3, 0.4) is 0 Å².